The molecule has 0 saturated carbocycles. The van der Waals surface area contributed by atoms with E-state index in [4.69, 9.17) is 0 Å². The number of nitrogens with one attached hydrogen (secondary N) is 1. The standard InChI is InChI=1S/C8H12N2OS/c1-7(11)3-4-8(12)9-5-6-10(8)2/h3-6,9,12H,1-2H3/b4-3+. The molecule has 1 heterocycles. The summed E-state index contributed by atoms with van der Waals surface area (Å²) in [4.78, 5) is 12.0. The zero-order valence-corrected chi connectivity index (χ0v) is 8.01. The van der Waals surface area contributed by atoms with Gasteiger partial charge in [0.05, 0.1) is 0 Å². The maximum absolute atomic E-state index is 10.7. The van der Waals surface area contributed by atoms with E-state index in [2.05, 4.69) is 17.9 Å². The summed E-state index contributed by atoms with van der Waals surface area (Å²) in [6.07, 6.45) is 6.87. The van der Waals surface area contributed by atoms with Crippen molar-refractivity contribution in [1.82, 2.24) is 10.2 Å². The molecule has 0 amide bonds. The molecule has 0 aliphatic carbocycles. The topological polar surface area (TPSA) is 32.3 Å². The fraction of sp³-hybridized carbons (Fsp3) is 0.375. The molecule has 3 nitrogen and oxygen atoms in total. The van der Waals surface area contributed by atoms with E-state index in [1.165, 1.54) is 13.0 Å². The lowest BCUT2D eigenvalue weighted by Crippen LogP contribution is -2.42. The molecule has 1 aliphatic rings. The van der Waals surface area contributed by atoms with Crippen molar-refractivity contribution in [3.63, 3.8) is 0 Å². The number of carbonyl (C=O) groups excluding carboxylic acids is 1. The lowest BCUT2D eigenvalue weighted by atomic mass is 10.3. The lowest BCUT2D eigenvalue weighted by Gasteiger charge is -2.28. The van der Waals surface area contributed by atoms with Gasteiger partial charge in [0, 0.05) is 19.4 Å². The first-order valence-corrected chi connectivity index (χ1v) is 4.09. The van der Waals surface area contributed by atoms with Gasteiger partial charge in [-0.15, -0.1) is 12.6 Å². The maximum atomic E-state index is 10.7. The van der Waals surface area contributed by atoms with Crippen LogP contribution in [0.3, 0.4) is 0 Å². The molecule has 0 bridgehead atoms. The highest BCUT2D eigenvalue weighted by Gasteiger charge is 2.27. The minimum Gasteiger partial charge on any atom is -0.356 e. The van der Waals surface area contributed by atoms with Crippen LogP contribution in [0.1, 0.15) is 6.92 Å². The Morgan fingerprint density at radius 1 is 1.75 bits per heavy atom. The average Bonchev–Trinajstić information content (AvgIpc) is 2.30. The van der Waals surface area contributed by atoms with Crippen molar-refractivity contribution < 1.29 is 4.79 Å². The van der Waals surface area contributed by atoms with Crippen molar-refractivity contribution in [3.8, 4) is 0 Å². The molecule has 0 aromatic carbocycles. The van der Waals surface area contributed by atoms with Gasteiger partial charge in [0.2, 0.25) is 0 Å². The number of hydrogen-bond acceptors (Lipinski definition) is 4. The fourth-order valence-electron chi connectivity index (χ4n) is 0.886. The predicted molar refractivity (Wildman–Crippen MR) is 51.6 cm³/mol. The molecule has 12 heavy (non-hydrogen) atoms. The van der Waals surface area contributed by atoms with Crippen molar-refractivity contribution >= 4 is 18.4 Å². The Balaban J connectivity index is 2.68. The van der Waals surface area contributed by atoms with Gasteiger partial charge in [-0.2, -0.15) is 0 Å². The van der Waals surface area contributed by atoms with Crippen LogP contribution in [0.25, 0.3) is 0 Å². The normalized spacial score (nSPS) is 28.1. The van der Waals surface area contributed by atoms with Crippen molar-refractivity contribution in [2.75, 3.05) is 7.05 Å². The second kappa shape index (κ2) is 3.23. The molecule has 1 rings (SSSR count). The monoisotopic (exact) mass is 184 g/mol. The number of thiol groups is 1. The largest absolute Gasteiger partial charge is 0.356 e. The summed E-state index contributed by atoms with van der Waals surface area (Å²) < 4.78 is 0. The first-order chi connectivity index (χ1) is 5.54. The zero-order chi connectivity index (χ0) is 9.19. The zero-order valence-electron chi connectivity index (χ0n) is 7.11. The summed E-state index contributed by atoms with van der Waals surface area (Å²) in [5, 5.41) is 3.01. The molecule has 1 unspecified atom stereocenters. The van der Waals surface area contributed by atoms with E-state index in [1.54, 1.807) is 12.3 Å². The van der Waals surface area contributed by atoms with Gasteiger partial charge in [0.1, 0.15) is 0 Å². The van der Waals surface area contributed by atoms with Crippen LogP contribution >= 0.6 is 12.6 Å². The number of carbonyl (C=O) groups is 1. The number of allylic oxidation sites excluding steroid dienone is 1. The smallest absolute Gasteiger partial charge is 0.175 e. The minimum absolute atomic E-state index is 0.0190. The highest BCUT2D eigenvalue weighted by Crippen LogP contribution is 2.21. The third kappa shape index (κ3) is 1.82. The van der Waals surface area contributed by atoms with Gasteiger partial charge in [-0.05, 0) is 19.1 Å². The van der Waals surface area contributed by atoms with E-state index in [9.17, 15) is 4.79 Å². The Labute approximate surface area is 77.5 Å². The molecular weight excluding hydrogens is 172 g/mol. The Morgan fingerprint density at radius 3 is 2.83 bits per heavy atom. The van der Waals surface area contributed by atoms with Crippen LogP contribution in [0.5, 0.6) is 0 Å². The van der Waals surface area contributed by atoms with E-state index in [0.717, 1.165) is 0 Å². The van der Waals surface area contributed by atoms with Crippen molar-refractivity contribution in [2.24, 2.45) is 0 Å². The molecule has 0 aromatic rings. The van der Waals surface area contributed by atoms with Crippen molar-refractivity contribution in [2.45, 2.75) is 11.9 Å². The van der Waals surface area contributed by atoms with Crippen LogP contribution in [0, 0.1) is 0 Å². The van der Waals surface area contributed by atoms with Crippen LogP contribution < -0.4 is 5.32 Å². The molecule has 0 aromatic heterocycles. The summed E-state index contributed by atoms with van der Waals surface area (Å²) in [6.45, 7) is 1.51. The van der Waals surface area contributed by atoms with Gasteiger partial charge in [0.15, 0.2) is 10.8 Å². The second-order valence-electron chi connectivity index (χ2n) is 2.74. The van der Waals surface area contributed by atoms with Gasteiger partial charge in [-0.1, -0.05) is 0 Å². The molecular formula is C8H12N2OS. The van der Waals surface area contributed by atoms with Crippen molar-refractivity contribution in [3.05, 3.63) is 24.6 Å². The average molecular weight is 184 g/mol. The Kier molecular flexibility index (Phi) is 2.47. The first-order valence-electron chi connectivity index (χ1n) is 3.64. The van der Waals surface area contributed by atoms with Crippen LogP contribution in [0.4, 0.5) is 0 Å². The summed E-state index contributed by atoms with van der Waals surface area (Å²) in [5.74, 6) is 0.0190. The summed E-state index contributed by atoms with van der Waals surface area (Å²) in [6, 6.07) is 0. The molecule has 0 saturated heterocycles. The molecule has 1 atom stereocenters. The third-order valence-corrected chi connectivity index (χ3v) is 2.28. The number of rotatable bonds is 2. The van der Waals surface area contributed by atoms with Crippen LogP contribution in [-0.2, 0) is 4.79 Å². The Morgan fingerprint density at radius 2 is 2.42 bits per heavy atom. The van der Waals surface area contributed by atoms with Gasteiger partial charge in [-0.3, -0.25) is 4.79 Å². The number of likely N-dealkylation sites (N-methyl/N-ethyl adjacent to an activating group) is 1. The number of hydrogen-bond donors (Lipinski definition) is 2. The number of ketones is 1. The third-order valence-electron chi connectivity index (χ3n) is 1.68. The van der Waals surface area contributed by atoms with Crippen LogP contribution in [0.15, 0.2) is 24.6 Å². The quantitative estimate of drug-likeness (QED) is 0.490. The summed E-state index contributed by atoms with van der Waals surface area (Å²) in [5.41, 5.74) is 0. The molecule has 1 N–H and O–H groups in total. The summed E-state index contributed by atoms with van der Waals surface area (Å²) in [7, 11) is 1.88. The second-order valence-corrected chi connectivity index (χ2v) is 3.42. The van der Waals surface area contributed by atoms with E-state index in [1.807, 2.05) is 18.1 Å². The first kappa shape index (κ1) is 9.19. The number of nitrogens with zero attached hydrogens (tertiary/aromatic N) is 1. The Bertz CT molecular complexity index is 249. The molecule has 4 heteroatoms. The van der Waals surface area contributed by atoms with Crippen molar-refractivity contribution in [1.29, 1.82) is 0 Å². The summed E-state index contributed by atoms with van der Waals surface area (Å²) >= 11 is 4.36. The van der Waals surface area contributed by atoms with Crippen LogP contribution in [-0.4, -0.2) is 22.7 Å². The SMILES string of the molecule is CC(=O)/C=C/C1(S)NC=CN1C. The van der Waals surface area contributed by atoms with Gasteiger partial charge in [0.25, 0.3) is 0 Å². The van der Waals surface area contributed by atoms with E-state index in [-0.39, 0.29) is 5.78 Å². The van der Waals surface area contributed by atoms with Gasteiger partial charge >= 0.3 is 0 Å². The fourth-order valence-corrected chi connectivity index (χ4v) is 1.10. The van der Waals surface area contributed by atoms with E-state index >= 15 is 0 Å². The molecule has 1 aliphatic heterocycles. The van der Waals surface area contributed by atoms with Gasteiger partial charge in [-0.25, -0.2) is 0 Å². The Hall–Kier alpha value is -0.900. The van der Waals surface area contributed by atoms with Gasteiger partial charge < -0.3 is 10.2 Å². The van der Waals surface area contributed by atoms with E-state index in [0.29, 0.717) is 0 Å². The molecule has 0 spiro atoms. The van der Waals surface area contributed by atoms with Crippen LogP contribution in [0.2, 0.25) is 0 Å². The molecule has 0 radical (unpaired) electrons. The molecule has 66 valence electrons. The highest BCUT2D eigenvalue weighted by atomic mass is 32.1. The van der Waals surface area contributed by atoms with E-state index < -0.39 is 4.99 Å². The minimum atomic E-state index is -0.550. The maximum Gasteiger partial charge on any atom is 0.175 e. The lowest BCUT2D eigenvalue weighted by molar-refractivity contribution is -0.112. The highest BCUT2D eigenvalue weighted by molar-refractivity contribution is 7.81. The predicted octanol–water partition coefficient (Wildman–Crippen LogP) is 0.721. The molecule has 0 fully saturated rings.